The number of nitrogens with one attached hydrogen (secondary N) is 1. The third kappa shape index (κ3) is 3.20. The molecule has 0 aliphatic heterocycles. The highest BCUT2D eigenvalue weighted by molar-refractivity contribution is 5.35. The monoisotopic (exact) mass is 235 g/mol. The topological polar surface area (TPSA) is 41.5 Å². The maximum atomic E-state index is 10.2. The van der Waals surface area contributed by atoms with Gasteiger partial charge in [0.1, 0.15) is 5.75 Å². The number of ether oxygens (including phenoxy) is 1. The number of rotatable bonds is 5. The summed E-state index contributed by atoms with van der Waals surface area (Å²) < 4.78 is 5.25. The van der Waals surface area contributed by atoms with Crippen molar-refractivity contribution in [3.05, 3.63) is 29.8 Å². The Labute approximate surface area is 103 Å². The van der Waals surface area contributed by atoms with Gasteiger partial charge in [0, 0.05) is 18.2 Å². The first-order valence-corrected chi connectivity index (χ1v) is 6.35. The summed E-state index contributed by atoms with van der Waals surface area (Å²) in [6.45, 7) is 0.602. The van der Waals surface area contributed by atoms with E-state index in [9.17, 15) is 5.11 Å². The number of aliphatic hydroxyl groups is 1. The van der Waals surface area contributed by atoms with Crippen molar-refractivity contribution < 1.29 is 9.84 Å². The predicted molar refractivity (Wildman–Crippen MR) is 68.2 cm³/mol. The minimum Gasteiger partial charge on any atom is -0.496 e. The van der Waals surface area contributed by atoms with Gasteiger partial charge in [-0.2, -0.15) is 0 Å². The molecule has 0 radical (unpaired) electrons. The summed E-state index contributed by atoms with van der Waals surface area (Å²) in [7, 11) is 1.63. The summed E-state index contributed by atoms with van der Waals surface area (Å²) in [6.07, 6.45) is 4.59. The molecule has 0 amide bonds. The molecule has 3 nitrogen and oxygen atoms in total. The molecular weight excluding hydrogens is 214 g/mol. The zero-order valence-corrected chi connectivity index (χ0v) is 10.4. The Morgan fingerprint density at radius 3 is 2.76 bits per heavy atom. The number of methoxy groups -OCH3 is 1. The molecule has 2 rings (SSSR count). The second-order valence-electron chi connectivity index (χ2n) is 4.65. The summed E-state index contributed by atoms with van der Waals surface area (Å²) in [6, 6.07) is 8.23. The lowest BCUT2D eigenvalue weighted by molar-refractivity contribution is 0.166. The molecule has 1 aliphatic carbocycles. The zero-order chi connectivity index (χ0) is 12.1. The number of hydrogen-bond acceptors (Lipinski definition) is 3. The Kier molecular flexibility index (Phi) is 4.40. The maximum absolute atomic E-state index is 10.2. The predicted octanol–water partition coefficient (Wildman–Crippen LogP) is 2.26. The van der Waals surface area contributed by atoms with Crippen LogP contribution in [0.2, 0.25) is 0 Å². The van der Waals surface area contributed by atoms with Crippen LogP contribution >= 0.6 is 0 Å². The molecule has 0 saturated heterocycles. The Balaban J connectivity index is 1.91. The van der Waals surface area contributed by atoms with E-state index in [0.29, 0.717) is 12.6 Å². The van der Waals surface area contributed by atoms with Crippen molar-refractivity contribution in [1.29, 1.82) is 0 Å². The van der Waals surface area contributed by atoms with Crippen molar-refractivity contribution in [2.75, 3.05) is 13.7 Å². The van der Waals surface area contributed by atoms with Gasteiger partial charge in [-0.1, -0.05) is 31.0 Å². The molecule has 94 valence electrons. The van der Waals surface area contributed by atoms with Crippen molar-refractivity contribution in [1.82, 2.24) is 5.32 Å². The van der Waals surface area contributed by atoms with E-state index in [0.717, 1.165) is 11.3 Å². The SMILES string of the molecule is COc1ccccc1C(O)CNC1CCCC1. The van der Waals surface area contributed by atoms with Crippen LogP contribution in [0.25, 0.3) is 0 Å². The Bertz CT molecular complexity index is 348. The van der Waals surface area contributed by atoms with Crippen LogP contribution in [0.5, 0.6) is 5.75 Å². The molecular formula is C14H21NO2. The molecule has 1 aromatic carbocycles. The van der Waals surface area contributed by atoms with Gasteiger partial charge >= 0.3 is 0 Å². The van der Waals surface area contributed by atoms with Crippen LogP contribution in [0, 0.1) is 0 Å². The fourth-order valence-corrected chi connectivity index (χ4v) is 2.46. The van der Waals surface area contributed by atoms with Gasteiger partial charge in [-0.3, -0.25) is 0 Å². The van der Waals surface area contributed by atoms with Gasteiger partial charge < -0.3 is 15.2 Å². The van der Waals surface area contributed by atoms with Crippen LogP contribution in [0.4, 0.5) is 0 Å². The normalized spacial score (nSPS) is 18.2. The fraction of sp³-hybridized carbons (Fsp3) is 0.571. The number of benzene rings is 1. The third-order valence-corrected chi connectivity index (χ3v) is 3.45. The molecule has 1 fully saturated rings. The van der Waals surface area contributed by atoms with E-state index in [1.54, 1.807) is 7.11 Å². The second-order valence-corrected chi connectivity index (χ2v) is 4.65. The minimum absolute atomic E-state index is 0.494. The fourth-order valence-electron chi connectivity index (χ4n) is 2.46. The summed E-state index contributed by atoms with van der Waals surface area (Å²) >= 11 is 0. The van der Waals surface area contributed by atoms with Crippen LogP contribution in [-0.2, 0) is 0 Å². The number of aliphatic hydroxyl groups excluding tert-OH is 1. The molecule has 17 heavy (non-hydrogen) atoms. The standard InChI is InChI=1S/C14H21NO2/c1-17-14-9-5-4-8-12(14)13(16)10-15-11-6-2-3-7-11/h4-5,8-9,11,13,15-16H,2-3,6-7,10H2,1H3. The third-order valence-electron chi connectivity index (χ3n) is 3.45. The van der Waals surface area contributed by atoms with Crippen molar-refractivity contribution in [2.24, 2.45) is 0 Å². The van der Waals surface area contributed by atoms with Gasteiger partial charge in [-0.25, -0.2) is 0 Å². The number of hydrogen-bond donors (Lipinski definition) is 2. The van der Waals surface area contributed by atoms with E-state index in [2.05, 4.69) is 5.32 Å². The van der Waals surface area contributed by atoms with Gasteiger partial charge in [-0.05, 0) is 18.9 Å². The Hall–Kier alpha value is -1.06. The van der Waals surface area contributed by atoms with Crippen LogP contribution in [0.1, 0.15) is 37.4 Å². The van der Waals surface area contributed by atoms with Gasteiger partial charge in [0.15, 0.2) is 0 Å². The van der Waals surface area contributed by atoms with E-state index < -0.39 is 6.10 Å². The van der Waals surface area contributed by atoms with Gasteiger partial charge in [0.05, 0.1) is 13.2 Å². The maximum Gasteiger partial charge on any atom is 0.124 e. The first-order valence-electron chi connectivity index (χ1n) is 6.35. The van der Waals surface area contributed by atoms with E-state index in [1.165, 1.54) is 25.7 Å². The van der Waals surface area contributed by atoms with E-state index in [4.69, 9.17) is 4.74 Å². The average Bonchev–Trinajstić information content (AvgIpc) is 2.89. The van der Waals surface area contributed by atoms with Crippen LogP contribution < -0.4 is 10.1 Å². The molecule has 1 unspecified atom stereocenters. The molecule has 1 aliphatic rings. The Morgan fingerprint density at radius 1 is 1.35 bits per heavy atom. The van der Waals surface area contributed by atoms with Crippen LogP contribution in [0.15, 0.2) is 24.3 Å². The van der Waals surface area contributed by atoms with Gasteiger partial charge in [-0.15, -0.1) is 0 Å². The molecule has 1 saturated carbocycles. The zero-order valence-electron chi connectivity index (χ0n) is 10.4. The van der Waals surface area contributed by atoms with Gasteiger partial charge in [0.2, 0.25) is 0 Å². The van der Waals surface area contributed by atoms with Crippen molar-refractivity contribution in [3.63, 3.8) is 0 Å². The first kappa shape index (κ1) is 12.4. The molecule has 2 N–H and O–H groups in total. The van der Waals surface area contributed by atoms with E-state index >= 15 is 0 Å². The minimum atomic E-state index is -0.494. The van der Waals surface area contributed by atoms with Crippen molar-refractivity contribution >= 4 is 0 Å². The molecule has 1 aromatic rings. The lowest BCUT2D eigenvalue weighted by Gasteiger charge is -2.18. The summed E-state index contributed by atoms with van der Waals surface area (Å²) in [4.78, 5) is 0. The van der Waals surface area contributed by atoms with Crippen LogP contribution in [0.3, 0.4) is 0 Å². The second kappa shape index (κ2) is 6.03. The van der Waals surface area contributed by atoms with E-state index in [1.807, 2.05) is 24.3 Å². The first-order chi connectivity index (χ1) is 8.31. The molecule has 1 atom stereocenters. The van der Waals surface area contributed by atoms with Crippen molar-refractivity contribution in [3.8, 4) is 5.75 Å². The highest BCUT2D eigenvalue weighted by atomic mass is 16.5. The average molecular weight is 235 g/mol. The van der Waals surface area contributed by atoms with Gasteiger partial charge in [0.25, 0.3) is 0 Å². The highest BCUT2D eigenvalue weighted by Gasteiger charge is 2.17. The molecule has 0 spiro atoms. The molecule has 0 heterocycles. The van der Waals surface area contributed by atoms with Crippen molar-refractivity contribution in [2.45, 2.75) is 37.8 Å². The van der Waals surface area contributed by atoms with Crippen LogP contribution in [-0.4, -0.2) is 24.8 Å². The Morgan fingerprint density at radius 2 is 2.06 bits per heavy atom. The quantitative estimate of drug-likeness (QED) is 0.822. The van der Waals surface area contributed by atoms with E-state index in [-0.39, 0.29) is 0 Å². The highest BCUT2D eigenvalue weighted by Crippen LogP contribution is 2.25. The largest absolute Gasteiger partial charge is 0.496 e. The summed E-state index contributed by atoms with van der Waals surface area (Å²) in [5.74, 6) is 0.758. The molecule has 3 heteroatoms. The molecule has 0 aromatic heterocycles. The molecule has 0 bridgehead atoms. The summed E-state index contributed by atoms with van der Waals surface area (Å²) in [5.41, 5.74) is 0.862. The number of para-hydroxylation sites is 1. The lowest BCUT2D eigenvalue weighted by atomic mass is 10.1. The lowest BCUT2D eigenvalue weighted by Crippen LogP contribution is -2.30. The summed E-state index contributed by atoms with van der Waals surface area (Å²) in [5, 5.41) is 13.6. The smallest absolute Gasteiger partial charge is 0.124 e.